The zero-order valence-electron chi connectivity index (χ0n) is 18.3. The van der Waals surface area contributed by atoms with Gasteiger partial charge in [0.2, 0.25) is 0 Å². The van der Waals surface area contributed by atoms with Gasteiger partial charge in [-0.3, -0.25) is 0 Å². The molecule has 0 saturated carbocycles. The van der Waals surface area contributed by atoms with Gasteiger partial charge in [-0.15, -0.1) is 0 Å². The highest BCUT2D eigenvalue weighted by atomic mass is 16.5. The van der Waals surface area contributed by atoms with E-state index in [0.717, 1.165) is 18.7 Å². The number of hydrogen-bond donors (Lipinski definition) is 2. The third-order valence-electron chi connectivity index (χ3n) is 7.36. The smallest absolute Gasteiger partial charge is 0.137 e. The summed E-state index contributed by atoms with van der Waals surface area (Å²) in [4.78, 5) is 1.51. The van der Waals surface area contributed by atoms with Crippen molar-refractivity contribution >= 4 is 0 Å². The first-order chi connectivity index (χ1) is 13.9. The van der Waals surface area contributed by atoms with Crippen molar-refractivity contribution in [1.29, 1.82) is 0 Å². The Kier molecular flexibility index (Phi) is 6.33. The summed E-state index contributed by atoms with van der Waals surface area (Å²) in [5.74, 6) is 1.91. The van der Waals surface area contributed by atoms with Crippen molar-refractivity contribution in [2.24, 2.45) is 11.8 Å². The first-order valence-electron chi connectivity index (χ1n) is 11.5. The molecule has 0 unspecified atom stereocenters. The Morgan fingerprint density at radius 2 is 1.90 bits per heavy atom. The lowest BCUT2D eigenvalue weighted by Gasteiger charge is -2.49. The van der Waals surface area contributed by atoms with E-state index < -0.39 is 6.10 Å². The molecule has 0 spiro atoms. The van der Waals surface area contributed by atoms with Crippen molar-refractivity contribution in [3.63, 3.8) is 0 Å². The quantitative estimate of drug-likeness (QED) is 0.720. The van der Waals surface area contributed by atoms with Crippen LogP contribution in [0.15, 0.2) is 35.9 Å². The van der Waals surface area contributed by atoms with Crippen LogP contribution >= 0.6 is 0 Å². The molecular formula is C25H38NO3+. The van der Waals surface area contributed by atoms with Crippen LogP contribution in [0.2, 0.25) is 0 Å². The van der Waals surface area contributed by atoms with Crippen molar-refractivity contribution in [2.45, 2.75) is 70.7 Å². The summed E-state index contributed by atoms with van der Waals surface area (Å²) < 4.78 is 12.5. The van der Waals surface area contributed by atoms with E-state index in [1.165, 1.54) is 54.8 Å². The lowest BCUT2D eigenvalue weighted by Crippen LogP contribution is -3.14. The average Bonchev–Trinajstić information content (AvgIpc) is 2.72. The molecule has 0 amide bonds. The standard InChI is InChI=1S/C25H37NO3/c1-18-7-10-20-15-23(18)24(29-25(20,2)3)19-8-11-22(12-9-19)28-17-21(27)16-26-13-5-4-6-14-26/h7-9,11-12,20-21,23-24,27H,4-6,10,13-17H2,1-3H3/p+1/t20-,21+,23-,24-/m1/s1. The van der Waals surface area contributed by atoms with Gasteiger partial charge in [0.1, 0.15) is 25.0 Å². The third kappa shape index (κ3) is 4.87. The molecule has 1 aromatic rings. The van der Waals surface area contributed by atoms with Crippen LogP contribution in [0.4, 0.5) is 0 Å². The molecule has 0 aromatic heterocycles. The summed E-state index contributed by atoms with van der Waals surface area (Å²) in [5.41, 5.74) is 2.60. The van der Waals surface area contributed by atoms with Crippen LogP contribution in [0, 0.1) is 11.8 Å². The number of aliphatic hydroxyl groups excluding tert-OH is 1. The Morgan fingerprint density at radius 1 is 1.17 bits per heavy atom. The predicted molar refractivity (Wildman–Crippen MR) is 115 cm³/mol. The van der Waals surface area contributed by atoms with Crippen LogP contribution < -0.4 is 9.64 Å². The van der Waals surface area contributed by atoms with Crippen molar-refractivity contribution in [3.05, 3.63) is 41.5 Å². The predicted octanol–water partition coefficient (Wildman–Crippen LogP) is 3.32. The maximum atomic E-state index is 10.3. The van der Waals surface area contributed by atoms with Crippen LogP contribution in [-0.2, 0) is 4.74 Å². The third-order valence-corrected chi connectivity index (χ3v) is 7.36. The fourth-order valence-electron chi connectivity index (χ4n) is 5.40. The molecular weight excluding hydrogens is 362 g/mol. The van der Waals surface area contributed by atoms with Crippen molar-refractivity contribution < 1.29 is 19.5 Å². The van der Waals surface area contributed by atoms with Gasteiger partial charge in [-0.05, 0) is 76.5 Å². The molecule has 2 bridgehead atoms. The molecule has 0 radical (unpaired) electrons. The number of aliphatic hydroxyl groups is 1. The Bertz CT molecular complexity index is 705. The zero-order chi connectivity index (χ0) is 20.4. The summed E-state index contributed by atoms with van der Waals surface area (Å²) in [6.07, 6.45) is 8.36. The SMILES string of the molecule is CC1=CC[C@@H]2C[C@H]1[C@@H](c1ccc(OC[C@@H](O)C[NH+]3CCCCC3)cc1)OC2(C)C. The van der Waals surface area contributed by atoms with E-state index in [0.29, 0.717) is 18.4 Å². The van der Waals surface area contributed by atoms with Crippen LogP contribution in [0.1, 0.15) is 64.5 Å². The highest BCUT2D eigenvalue weighted by Gasteiger charge is 2.45. The lowest BCUT2D eigenvalue weighted by molar-refractivity contribution is -0.908. The number of fused-ring (bicyclic) bond motifs is 2. The second-order valence-electron chi connectivity index (χ2n) is 9.91. The first-order valence-corrected chi connectivity index (χ1v) is 11.5. The van der Waals surface area contributed by atoms with Crippen molar-refractivity contribution in [2.75, 3.05) is 26.2 Å². The maximum Gasteiger partial charge on any atom is 0.137 e. The molecule has 2 fully saturated rings. The van der Waals surface area contributed by atoms with Crippen molar-refractivity contribution in [3.8, 4) is 5.75 Å². The van der Waals surface area contributed by atoms with E-state index in [-0.39, 0.29) is 11.7 Å². The number of benzene rings is 1. The molecule has 160 valence electrons. The Labute approximate surface area is 175 Å². The number of nitrogens with one attached hydrogen (secondary N) is 1. The summed E-state index contributed by atoms with van der Waals surface area (Å²) >= 11 is 0. The van der Waals surface area contributed by atoms with Crippen LogP contribution in [-0.4, -0.2) is 43.1 Å². The monoisotopic (exact) mass is 400 g/mol. The Morgan fingerprint density at radius 3 is 2.62 bits per heavy atom. The molecule has 2 heterocycles. The van der Waals surface area contributed by atoms with E-state index in [4.69, 9.17) is 9.47 Å². The van der Waals surface area contributed by atoms with Crippen LogP contribution in [0.3, 0.4) is 0 Å². The van der Waals surface area contributed by atoms with Gasteiger partial charge in [-0.2, -0.15) is 0 Å². The zero-order valence-corrected chi connectivity index (χ0v) is 18.3. The molecule has 1 aromatic carbocycles. The number of piperidine rings is 1. The Hall–Kier alpha value is -1.36. The minimum atomic E-state index is -0.405. The normalized spacial score (nSPS) is 30.5. The molecule has 1 aliphatic carbocycles. The number of allylic oxidation sites excluding steroid dienone is 1. The second kappa shape index (κ2) is 8.79. The number of likely N-dealkylation sites (tertiary alicyclic amines) is 1. The number of quaternary nitrogens is 1. The van der Waals surface area contributed by atoms with Gasteiger partial charge in [0, 0.05) is 5.92 Å². The average molecular weight is 401 g/mol. The van der Waals surface area contributed by atoms with E-state index in [2.05, 4.69) is 39.0 Å². The largest absolute Gasteiger partial charge is 0.491 e. The maximum absolute atomic E-state index is 10.3. The number of rotatable bonds is 6. The molecule has 29 heavy (non-hydrogen) atoms. The van der Waals surface area contributed by atoms with E-state index in [9.17, 15) is 5.11 Å². The minimum Gasteiger partial charge on any atom is -0.491 e. The van der Waals surface area contributed by atoms with Crippen LogP contribution in [0.25, 0.3) is 0 Å². The number of ether oxygens (including phenoxy) is 2. The van der Waals surface area contributed by atoms with Gasteiger partial charge >= 0.3 is 0 Å². The molecule has 2 saturated heterocycles. The van der Waals surface area contributed by atoms with Gasteiger partial charge in [-0.1, -0.05) is 23.8 Å². The summed E-state index contributed by atoms with van der Waals surface area (Å²) in [7, 11) is 0. The number of hydrogen-bond acceptors (Lipinski definition) is 3. The summed E-state index contributed by atoms with van der Waals surface area (Å²) in [6.45, 7) is 10.2. The first kappa shape index (κ1) is 20.9. The summed E-state index contributed by atoms with van der Waals surface area (Å²) in [5, 5.41) is 10.3. The summed E-state index contributed by atoms with van der Waals surface area (Å²) in [6, 6.07) is 8.33. The molecule has 2 aliphatic heterocycles. The molecule has 4 atom stereocenters. The fourth-order valence-corrected chi connectivity index (χ4v) is 5.40. The highest BCUT2D eigenvalue weighted by molar-refractivity contribution is 5.31. The Balaban J connectivity index is 1.35. The lowest BCUT2D eigenvalue weighted by atomic mass is 9.69. The fraction of sp³-hybridized carbons (Fsp3) is 0.680. The van der Waals surface area contributed by atoms with Gasteiger partial charge in [-0.25, -0.2) is 0 Å². The van der Waals surface area contributed by atoms with Gasteiger partial charge in [0.15, 0.2) is 0 Å². The topological polar surface area (TPSA) is 43.1 Å². The molecule has 3 aliphatic rings. The highest BCUT2D eigenvalue weighted by Crippen LogP contribution is 2.50. The van der Waals surface area contributed by atoms with Gasteiger partial charge in [0.05, 0.1) is 24.8 Å². The second-order valence-corrected chi connectivity index (χ2v) is 9.91. The molecule has 4 heteroatoms. The minimum absolute atomic E-state index is 0.0889. The molecule has 2 N–H and O–H groups in total. The van der Waals surface area contributed by atoms with E-state index in [1.807, 2.05) is 12.1 Å². The van der Waals surface area contributed by atoms with E-state index >= 15 is 0 Å². The van der Waals surface area contributed by atoms with Crippen LogP contribution in [0.5, 0.6) is 5.75 Å². The van der Waals surface area contributed by atoms with Gasteiger partial charge < -0.3 is 19.5 Å². The van der Waals surface area contributed by atoms with Crippen molar-refractivity contribution in [1.82, 2.24) is 0 Å². The molecule has 4 nitrogen and oxygen atoms in total. The van der Waals surface area contributed by atoms with E-state index in [1.54, 1.807) is 0 Å². The molecule has 4 rings (SSSR count). The van der Waals surface area contributed by atoms with Gasteiger partial charge in [0.25, 0.3) is 0 Å².